The summed E-state index contributed by atoms with van der Waals surface area (Å²) in [7, 11) is 1.63. The van der Waals surface area contributed by atoms with Gasteiger partial charge in [-0.1, -0.05) is 87.7 Å². The zero-order valence-corrected chi connectivity index (χ0v) is 40.4. The number of ether oxygens (including phenoxy) is 5. The van der Waals surface area contributed by atoms with E-state index in [1.807, 2.05) is 72.9 Å². The van der Waals surface area contributed by atoms with E-state index in [0.717, 1.165) is 11.1 Å². The number of carboxylic acids is 1. The Labute approximate surface area is 407 Å². The summed E-state index contributed by atoms with van der Waals surface area (Å²) < 4.78 is 36.1. The smallest absolute Gasteiger partial charge is 0.416 e. The zero-order valence-electron chi connectivity index (χ0n) is 40.4. The minimum atomic E-state index is -0.956. The van der Waals surface area contributed by atoms with Crippen LogP contribution in [0.3, 0.4) is 0 Å². The van der Waals surface area contributed by atoms with Crippen molar-refractivity contribution in [3.8, 4) is 28.6 Å². The van der Waals surface area contributed by atoms with Gasteiger partial charge in [0, 0.05) is 78.3 Å². The number of hydrogen-bond donors (Lipinski definition) is 3. The van der Waals surface area contributed by atoms with E-state index in [9.17, 15) is 24.6 Å². The van der Waals surface area contributed by atoms with E-state index >= 15 is 0 Å². The van der Waals surface area contributed by atoms with Crippen molar-refractivity contribution in [2.75, 3.05) is 79.5 Å². The molecule has 6 rings (SSSR count). The lowest BCUT2D eigenvalue weighted by Crippen LogP contribution is -2.43. The van der Waals surface area contributed by atoms with E-state index in [4.69, 9.17) is 43.2 Å². The van der Waals surface area contributed by atoms with Gasteiger partial charge in [0.05, 0.1) is 83.3 Å². The highest BCUT2D eigenvalue weighted by molar-refractivity contribution is 5.78. The molecule has 3 aromatic heterocycles. The summed E-state index contributed by atoms with van der Waals surface area (Å²) in [6.07, 6.45) is 3.22. The molecule has 0 aliphatic heterocycles. The monoisotopic (exact) mass is 961 g/mol. The largest absolute Gasteiger partial charge is 0.507 e. The van der Waals surface area contributed by atoms with Gasteiger partial charge in [-0.25, -0.2) is 14.8 Å². The van der Waals surface area contributed by atoms with E-state index in [2.05, 4.69) is 13.2 Å². The fourth-order valence-electron chi connectivity index (χ4n) is 7.81. The second-order valence-electron chi connectivity index (χ2n) is 17.4. The zero-order chi connectivity index (χ0) is 50.2. The molecule has 0 radical (unpaired) electrons. The van der Waals surface area contributed by atoms with Crippen molar-refractivity contribution in [1.29, 1.82) is 0 Å². The van der Waals surface area contributed by atoms with Crippen LogP contribution in [-0.4, -0.2) is 137 Å². The predicted octanol–water partition coefficient (Wildman–Crippen LogP) is 5.88. The number of carboxylic acid groups (broad SMARTS) is 1. The van der Waals surface area contributed by atoms with Crippen molar-refractivity contribution in [1.82, 2.24) is 24.2 Å². The maximum absolute atomic E-state index is 14.6. The average molecular weight is 962 g/mol. The Bertz CT molecular complexity index is 2780. The summed E-state index contributed by atoms with van der Waals surface area (Å²) >= 11 is 0. The lowest BCUT2D eigenvalue weighted by Gasteiger charge is -2.30. The summed E-state index contributed by atoms with van der Waals surface area (Å²) in [5, 5.41) is 31.1. The number of benzene rings is 3. The van der Waals surface area contributed by atoms with Gasteiger partial charge in [-0.2, -0.15) is 0 Å². The number of aromatic hydroxyl groups is 2. The van der Waals surface area contributed by atoms with Crippen LogP contribution in [0.4, 0.5) is 4.79 Å². The number of aliphatic carboxylic acids is 1. The second-order valence-corrected chi connectivity index (χ2v) is 17.4. The number of rotatable bonds is 27. The van der Waals surface area contributed by atoms with Crippen LogP contribution in [0.2, 0.25) is 0 Å². The van der Waals surface area contributed by atoms with Gasteiger partial charge in [-0.05, 0) is 24.6 Å². The minimum Gasteiger partial charge on any atom is -0.507 e. The number of carbonyl (C=O) groups is 3. The van der Waals surface area contributed by atoms with E-state index in [0.29, 0.717) is 65.9 Å². The fraction of sp³-hybridized carbons (Fsp3) is 0.377. The van der Waals surface area contributed by atoms with Gasteiger partial charge in [0.15, 0.2) is 5.65 Å². The molecule has 0 bridgehead atoms. The van der Waals surface area contributed by atoms with Gasteiger partial charge in [0.1, 0.15) is 23.0 Å². The third-order valence-corrected chi connectivity index (χ3v) is 11.7. The number of amides is 2. The Balaban J connectivity index is 1.21. The lowest BCUT2D eigenvalue weighted by atomic mass is 9.78. The first-order chi connectivity index (χ1) is 33.6. The van der Waals surface area contributed by atoms with E-state index in [-0.39, 0.29) is 106 Å². The first-order valence-electron chi connectivity index (χ1n) is 23.1. The van der Waals surface area contributed by atoms with Crippen LogP contribution in [-0.2, 0) is 46.8 Å². The Morgan fingerprint density at radius 2 is 1.37 bits per heavy atom. The number of fused-ring (bicyclic) bond motifs is 1. The number of nitrogens with zero attached hydrogens (tertiary/aromatic N) is 5. The van der Waals surface area contributed by atoms with Crippen LogP contribution in [0.1, 0.15) is 60.5 Å². The summed E-state index contributed by atoms with van der Waals surface area (Å²) in [5.74, 6) is -0.620. The molecular formula is C53H63N5O12. The molecule has 6 aromatic rings. The van der Waals surface area contributed by atoms with Crippen molar-refractivity contribution in [2.24, 2.45) is 0 Å². The van der Waals surface area contributed by atoms with Crippen molar-refractivity contribution >= 4 is 36.8 Å². The van der Waals surface area contributed by atoms with E-state index in [1.165, 1.54) is 9.80 Å². The number of furan rings is 1. The first kappa shape index (κ1) is 52.3. The van der Waals surface area contributed by atoms with Gasteiger partial charge in [0.2, 0.25) is 11.8 Å². The molecule has 0 atom stereocenters. The minimum absolute atomic E-state index is 0.0538. The van der Waals surface area contributed by atoms with Crippen LogP contribution in [0.25, 0.3) is 30.1 Å². The normalized spacial score (nSPS) is 11.5. The van der Waals surface area contributed by atoms with Gasteiger partial charge in [-0.15, -0.1) is 0 Å². The summed E-state index contributed by atoms with van der Waals surface area (Å²) in [6.45, 7) is 15.3. The van der Waals surface area contributed by atoms with Gasteiger partial charge >= 0.3 is 12.1 Å². The molecule has 3 heterocycles. The number of aromatic nitrogens is 3. The van der Waals surface area contributed by atoms with Crippen LogP contribution in [0, 0.1) is 6.92 Å². The molecule has 70 heavy (non-hydrogen) atoms. The number of hydrogen-bond acceptors (Lipinski definition) is 13. The van der Waals surface area contributed by atoms with Crippen LogP contribution in [0.5, 0.6) is 17.4 Å². The number of carbonyl (C=O) groups excluding carboxylic acids is 2. The van der Waals surface area contributed by atoms with Crippen molar-refractivity contribution < 1.29 is 57.8 Å². The lowest BCUT2D eigenvalue weighted by molar-refractivity contribution is -0.138. The number of phenols is 2. The molecule has 17 nitrogen and oxygen atoms in total. The van der Waals surface area contributed by atoms with Gasteiger partial charge in [-0.3, -0.25) is 14.0 Å². The molecule has 2 amide bonds. The van der Waals surface area contributed by atoms with Gasteiger partial charge < -0.3 is 53.2 Å². The number of likely N-dealkylation sites (N-methyl/N-ethyl adjacent to an activating group) is 1. The SMILES string of the molecule is C=c1c(C)c(O)c(=C)c(C(C)(C)CC(=O)N(C)CCN(CCOCCOCCOCCOCCC(=O)O)C(=O)Oc2c(Cc3ccco3)nc3c(Cc4ccccc4)nc(-c4ccccc4)cn23)c1O. The van der Waals surface area contributed by atoms with Gasteiger partial charge in [0.25, 0.3) is 0 Å². The Morgan fingerprint density at radius 3 is 2.00 bits per heavy atom. The van der Waals surface area contributed by atoms with Crippen LogP contribution < -0.4 is 15.2 Å². The van der Waals surface area contributed by atoms with Crippen molar-refractivity contribution in [3.05, 3.63) is 130 Å². The molecule has 0 saturated carbocycles. The third-order valence-electron chi connectivity index (χ3n) is 11.7. The molecule has 0 aliphatic carbocycles. The maximum Gasteiger partial charge on any atom is 0.416 e. The predicted molar refractivity (Wildman–Crippen MR) is 262 cm³/mol. The topological polar surface area (TPSA) is 208 Å². The molecule has 17 heteroatoms. The van der Waals surface area contributed by atoms with Crippen molar-refractivity contribution in [3.63, 3.8) is 0 Å². The van der Waals surface area contributed by atoms with Crippen molar-refractivity contribution in [2.45, 2.75) is 51.9 Å². The highest BCUT2D eigenvalue weighted by Crippen LogP contribution is 2.33. The Morgan fingerprint density at radius 1 is 0.743 bits per heavy atom. The molecule has 3 aromatic carbocycles. The molecule has 3 N–H and O–H groups in total. The Hall–Kier alpha value is -7.05. The molecule has 372 valence electrons. The average Bonchev–Trinajstić information content (AvgIpc) is 3.99. The summed E-state index contributed by atoms with van der Waals surface area (Å²) in [4.78, 5) is 52.2. The number of phenolic OH excluding ortho intramolecular Hbond substituents is 2. The highest BCUT2D eigenvalue weighted by atomic mass is 16.6. The fourth-order valence-corrected chi connectivity index (χ4v) is 7.81. The first-order valence-corrected chi connectivity index (χ1v) is 23.1. The van der Waals surface area contributed by atoms with E-state index < -0.39 is 17.5 Å². The third kappa shape index (κ3) is 14.0. The standard InChI is InChI=1S/C53H63N5O12/c1-36-37(2)49(63)47(38(3)48(36)62)53(4,5)34-45(59)56(6)20-21-57(22-25-66-27-29-68-31-30-67-28-26-65-24-19-46(60)61)52(64)70-51-43(33-41-18-13-23-69-41)55-50-42(32-39-14-9-7-10-15-39)54-44(35-58(50)51)40-16-11-8-12-17-40/h7-18,23,35,62-63H,2-3,19-22,24-34H2,1,4-6H3,(H,60,61). The summed E-state index contributed by atoms with van der Waals surface area (Å²) in [5.41, 5.74) is 3.94. The molecule has 0 unspecified atom stereocenters. The van der Waals surface area contributed by atoms with Crippen LogP contribution in [0.15, 0.2) is 89.7 Å². The van der Waals surface area contributed by atoms with Crippen LogP contribution >= 0.6 is 0 Å². The molecule has 0 fully saturated rings. The molecule has 0 aliphatic rings. The maximum atomic E-state index is 14.6. The summed E-state index contributed by atoms with van der Waals surface area (Å²) in [6, 6.07) is 23.2. The second kappa shape index (κ2) is 25.0. The van der Waals surface area contributed by atoms with E-state index in [1.54, 1.807) is 44.5 Å². The molecule has 0 saturated heterocycles. The molecular weight excluding hydrogens is 899 g/mol. The highest BCUT2D eigenvalue weighted by Gasteiger charge is 2.32. The number of imidazole rings is 1. The molecule has 0 spiro atoms. The Kier molecular flexibility index (Phi) is 18.7. The quantitative estimate of drug-likeness (QED) is 0.0407.